The number of nitrogens with one attached hydrogen (secondary N) is 1. The molecule has 5 nitrogen and oxygen atoms in total. The van der Waals surface area contributed by atoms with Gasteiger partial charge in [0.25, 0.3) is 0 Å². The Bertz CT molecular complexity index is 468. The zero-order chi connectivity index (χ0) is 10.1. The van der Waals surface area contributed by atoms with Crippen LogP contribution in [0.25, 0.3) is 0 Å². The molecule has 0 atom stereocenters. The first-order chi connectivity index (χ1) is 7.43. The second-order valence-electron chi connectivity index (χ2n) is 3.29. The minimum absolute atomic E-state index is 0.297. The maximum Gasteiger partial charge on any atom is 0.231 e. The largest absolute Gasteiger partial charge is 0.454 e. The summed E-state index contributed by atoms with van der Waals surface area (Å²) in [4.78, 5) is 0. The molecular formula is C10H9N3O2. The molecule has 0 unspecified atom stereocenters. The Morgan fingerprint density at radius 1 is 1.33 bits per heavy atom. The Labute approximate surface area is 86.0 Å². The van der Waals surface area contributed by atoms with E-state index in [1.807, 2.05) is 18.2 Å². The normalized spacial score (nSPS) is 13.1. The van der Waals surface area contributed by atoms with E-state index in [4.69, 9.17) is 9.47 Å². The van der Waals surface area contributed by atoms with Crippen molar-refractivity contribution in [3.8, 4) is 11.5 Å². The van der Waals surface area contributed by atoms with Gasteiger partial charge >= 0.3 is 0 Å². The summed E-state index contributed by atoms with van der Waals surface area (Å²) in [6.45, 7) is 0.297. The highest BCUT2D eigenvalue weighted by Gasteiger charge is 2.17. The van der Waals surface area contributed by atoms with Gasteiger partial charge in [-0.3, -0.25) is 0 Å². The SMILES string of the molecule is c1cc(Cc2cn[nH]n2)c2c(c1)OCO2. The van der Waals surface area contributed by atoms with Gasteiger partial charge in [-0.2, -0.15) is 15.4 Å². The number of nitrogens with zero attached hydrogens (tertiary/aromatic N) is 2. The minimum Gasteiger partial charge on any atom is -0.454 e. The Balaban J connectivity index is 1.96. The van der Waals surface area contributed by atoms with E-state index >= 15 is 0 Å². The van der Waals surface area contributed by atoms with Gasteiger partial charge < -0.3 is 9.47 Å². The molecule has 0 radical (unpaired) electrons. The summed E-state index contributed by atoms with van der Waals surface area (Å²) in [6.07, 6.45) is 2.40. The molecule has 0 aliphatic carbocycles. The van der Waals surface area contributed by atoms with E-state index in [1.165, 1.54) is 0 Å². The fourth-order valence-electron chi connectivity index (χ4n) is 1.64. The number of H-pyrrole nitrogens is 1. The topological polar surface area (TPSA) is 60.0 Å². The third-order valence-corrected chi connectivity index (χ3v) is 2.31. The van der Waals surface area contributed by atoms with Crippen LogP contribution in [0.4, 0.5) is 0 Å². The van der Waals surface area contributed by atoms with Gasteiger partial charge in [0.15, 0.2) is 11.5 Å². The number of ether oxygens (including phenoxy) is 2. The lowest BCUT2D eigenvalue weighted by molar-refractivity contribution is 0.173. The third-order valence-electron chi connectivity index (χ3n) is 2.31. The fourth-order valence-corrected chi connectivity index (χ4v) is 1.64. The van der Waals surface area contributed by atoms with Crippen LogP contribution < -0.4 is 9.47 Å². The molecule has 5 heteroatoms. The van der Waals surface area contributed by atoms with E-state index < -0.39 is 0 Å². The van der Waals surface area contributed by atoms with Crippen molar-refractivity contribution in [2.45, 2.75) is 6.42 Å². The number of aromatic amines is 1. The number of fused-ring (bicyclic) bond motifs is 1. The zero-order valence-corrected chi connectivity index (χ0v) is 7.93. The number of para-hydroxylation sites is 1. The predicted molar refractivity (Wildman–Crippen MR) is 51.8 cm³/mol. The lowest BCUT2D eigenvalue weighted by atomic mass is 10.1. The Morgan fingerprint density at radius 3 is 3.20 bits per heavy atom. The Hall–Kier alpha value is -2.04. The van der Waals surface area contributed by atoms with Crippen molar-refractivity contribution in [3.05, 3.63) is 35.7 Å². The number of hydrogen-bond acceptors (Lipinski definition) is 4. The molecule has 2 aromatic rings. The zero-order valence-electron chi connectivity index (χ0n) is 7.93. The van der Waals surface area contributed by atoms with Crippen molar-refractivity contribution in [3.63, 3.8) is 0 Å². The summed E-state index contributed by atoms with van der Waals surface area (Å²) in [7, 11) is 0. The van der Waals surface area contributed by atoms with Crippen LogP contribution in [0.15, 0.2) is 24.4 Å². The van der Waals surface area contributed by atoms with Crippen molar-refractivity contribution in [2.75, 3.05) is 6.79 Å². The lowest BCUT2D eigenvalue weighted by Crippen LogP contribution is -1.95. The Kier molecular flexibility index (Phi) is 1.81. The molecule has 1 aliphatic rings. The summed E-state index contributed by atoms with van der Waals surface area (Å²) in [5.74, 6) is 1.62. The van der Waals surface area contributed by atoms with Gasteiger partial charge in [-0.1, -0.05) is 12.1 Å². The second kappa shape index (κ2) is 3.27. The van der Waals surface area contributed by atoms with E-state index in [1.54, 1.807) is 6.20 Å². The standard InChI is InChI=1S/C10H9N3O2/c1-2-7(4-8-5-11-13-12-8)10-9(3-1)14-6-15-10/h1-3,5H,4,6H2,(H,11,12,13). The molecule has 0 fully saturated rings. The molecular weight excluding hydrogens is 194 g/mol. The maximum absolute atomic E-state index is 5.40. The van der Waals surface area contributed by atoms with Crippen molar-refractivity contribution >= 4 is 0 Å². The smallest absolute Gasteiger partial charge is 0.231 e. The number of rotatable bonds is 2. The molecule has 0 saturated carbocycles. The van der Waals surface area contributed by atoms with Gasteiger partial charge in [0.2, 0.25) is 6.79 Å². The fraction of sp³-hybridized carbons (Fsp3) is 0.200. The molecule has 0 saturated heterocycles. The van der Waals surface area contributed by atoms with Crippen LogP contribution in [0.2, 0.25) is 0 Å². The molecule has 76 valence electrons. The monoisotopic (exact) mass is 203 g/mol. The van der Waals surface area contributed by atoms with E-state index in [9.17, 15) is 0 Å². The van der Waals surface area contributed by atoms with Crippen LogP contribution in [0.5, 0.6) is 11.5 Å². The average molecular weight is 203 g/mol. The van der Waals surface area contributed by atoms with Crippen LogP contribution in [0.1, 0.15) is 11.3 Å². The van der Waals surface area contributed by atoms with E-state index in [0.717, 1.165) is 22.8 Å². The third kappa shape index (κ3) is 1.41. The number of benzene rings is 1. The van der Waals surface area contributed by atoms with Crippen LogP contribution in [0.3, 0.4) is 0 Å². The highest BCUT2D eigenvalue weighted by molar-refractivity contribution is 5.49. The number of aromatic nitrogens is 3. The maximum atomic E-state index is 5.40. The van der Waals surface area contributed by atoms with Crippen LogP contribution in [0, 0.1) is 0 Å². The summed E-state index contributed by atoms with van der Waals surface area (Å²) >= 11 is 0. The average Bonchev–Trinajstić information content (AvgIpc) is 2.87. The minimum atomic E-state index is 0.297. The van der Waals surface area contributed by atoms with Crippen molar-refractivity contribution in [1.29, 1.82) is 0 Å². The van der Waals surface area contributed by atoms with Crippen LogP contribution >= 0.6 is 0 Å². The summed E-state index contributed by atoms with van der Waals surface area (Å²) in [5, 5.41) is 10.4. The van der Waals surface area contributed by atoms with Crippen LogP contribution in [-0.2, 0) is 6.42 Å². The molecule has 2 heterocycles. The van der Waals surface area contributed by atoms with Crippen molar-refractivity contribution in [2.24, 2.45) is 0 Å². The van der Waals surface area contributed by atoms with E-state index in [-0.39, 0.29) is 0 Å². The summed E-state index contributed by atoms with van der Waals surface area (Å²) in [6, 6.07) is 5.85. The van der Waals surface area contributed by atoms with Gasteiger partial charge in [0.1, 0.15) is 0 Å². The molecule has 1 aliphatic heterocycles. The van der Waals surface area contributed by atoms with Gasteiger partial charge in [-0.05, 0) is 6.07 Å². The molecule has 1 aromatic heterocycles. The van der Waals surface area contributed by atoms with Gasteiger partial charge in [-0.25, -0.2) is 0 Å². The quantitative estimate of drug-likeness (QED) is 0.794. The molecule has 1 N–H and O–H groups in total. The van der Waals surface area contributed by atoms with Gasteiger partial charge in [-0.15, -0.1) is 0 Å². The molecule has 3 rings (SSSR count). The molecule has 0 amide bonds. The summed E-state index contributed by atoms with van der Waals surface area (Å²) in [5.41, 5.74) is 1.96. The Morgan fingerprint density at radius 2 is 2.33 bits per heavy atom. The molecule has 15 heavy (non-hydrogen) atoms. The van der Waals surface area contributed by atoms with Crippen LogP contribution in [-0.4, -0.2) is 22.2 Å². The predicted octanol–water partition coefficient (Wildman–Crippen LogP) is 1.12. The molecule has 0 spiro atoms. The molecule has 1 aromatic carbocycles. The first kappa shape index (κ1) is 8.28. The van der Waals surface area contributed by atoms with E-state index in [0.29, 0.717) is 13.2 Å². The highest BCUT2D eigenvalue weighted by atomic mass is 16.7. The summed E-state index contributed by atoms with van der Waals surface area (Å²) < 4.78 is 10.7. The van der Waals surface area contributed by atoms with Crippen molar-refractivity contribution < 1.29 is 9.47 Å². The first-order valence-corrected chi connectivity index (χ1v) is 4.65. The van der Waals surface area contributed by atoms with Crippen molar-refractivity contribution in [1.82, 2.24) is 15.4 Å². The lowest BCUT2D eigenvalue weighted by Gasteiger charge is -2.02. The van der Waals surface area contributed by atoms with Gasteiger partial charge in [0.05, 0.1) is 11.9 Å². The molecule has 0 bridgehead atoms. The van der Waals surface area contributed by atoms with E-state index in [2.05, 4.69) is 15.4 Å². The number of hydrogen-bond donors (Lipinski definition) is 1. The van der Waals surface area contributed by atoms with Gasteiger partial charge in [0, 0.05) is 12.0 Å². The highest BCUT2D eigenvalue weighted by Crippen LogP contribution is 2.35. The first-order valence-electron chi connectivity index (χ1n) is 4.65. The second-order valence-corrected chi connectivity index (χ2v) is 3.29.